The highest BCUT2D eigenvalue weighted by atomic mass is 32.2. The van der Waals surface area contributed by atoms with E-state index in [1.54, 1.807) is 28.8 Å². The quantitative estimate of drug-likeness (QED) is 0.307. The SMILES string of the molecule is C[C@H](Sc1nc2ccccc2c(=O)n1CCc1ccc(S(N)(=O)=O)cc1)C(=O)N[C@@H](C)[C@H]1C[C@H]2CC[C@H]1C2. The van der Waals surface area contributed by atoms with Crippen molar-refractivity contribution in [3.8, 4) is 0 Å². The average Bonchev–Trinajstić information content (AvgIpc) is 3.52. The van der Waals surface area contributed by atoms with Crippen molar-refractivity contribution in [2.75, 3.05) is 0 Å². The third kappa shape index (κ3) is 5.67. The molecule has 2 fully saturated rings. The molecule has 1 heterocycles. The Morgan fingerprint density at radius 3 is 2.53 bits per heavy atom. The molecule has 38 heavy (non-hydrogen) atoms. The maximum absolute atomic E-state index is 13.4. The second-order valence-electron chi connectivity index (χ2n) is 10.7. The van der Waals surface area contributed by atoms with Crippen LogP contribution >= 0.6 is 11.8 Å². The molecule has 2 saturated carbocycles. The zero-order chi connectivity index (χ0) is 27.0. The molecule has 0 radical (unpaired) electrons. The van der Waals surface area contributed by atoms with E-state index < -0.39 is 15.3 Å². The van der Waals surface area contributed by atoms with Crippen LogP contribution in [0.4, 0.5) is 0 Å². The molecule has 2 aromatic carbocycles. The van der Waals surface area contributed by atoms with Gasteiger partial charge in [-0.25, -0.2) is 18.5 Å². The van der Waals surface area contributed by atoms with E-state index in [0.717, 1.165) is 17.4 Å². The minimum atomic E-state index is -3.77. The van der Waals surface area contributed by atoms with Crippen molar-refractivity contribution >= 4 is 38.6 Å². The Balaban J connectivity index is 1.33. The predicted molar refractivity (Wildman–Crippen MR) is 149 cm³/mol. The number of sulfonamides is 1. The van der Waals surface area contributed by atoms with E-state index >= 15 is 0 Å². The number of carbonyl (C=O) groups excluding carboxylic acids is 1. The summed E-state index contributed by atoms with van der Waals surface area (Å²) in [4.78, 5) is 31.4. The average molecular weight is 555 g/mol. The predicted octanol–water partition coefficient (Wildman–Crippen LogP) is 3.71. The number of carbonyl (C=O) groups is 1. The molecule has 202 valence electrons. The Labute approximate surface area is 227 Å². The summed E-state index contributed by atoms with van der Waals surface area (Å²) in [5.74, 6) is 2.05. The zero-order valence-corrected chi connectivity index (χ0v) is 23.3. The molecule has 5 atom stereocenters. The Bertz CT molecular complexity index is 1500. The van der Waals surface area contributed by atoms with Crippen molar-refractivity contribution in [3.05, 3.63) is 64.4 Å². The van der Waals surface area contributed by atoms with Gasteiger partial charge in [0.2, 0.25) is 15.9 Å². The van der Waals surface area contributed by atoms with Crippen LogP contribution in [0.2, 0.25) is 0 Å². The number of nitrogens with zero attached hydrogens (tertiary/aromatic N) is 2. The van der Waals surface area contributed by atoms with Gasteiger partial charge >= 0.3 is 0 Å². The number of aromatic nitrogens is 2. The third-order valence-corrected chi connectivity index (χ3v) is 10.2. The van der Waals surface area contributed by atoms with Crippen molar-refractivity contribution < 1.29 is 13.2 Å². The van der Waals surface area contributed by atoms with Crippen LogP contribution in [0.5, 0.6) is 0 Å². The molecule has 1 amide bonds. The highest BCUT2D eigenvalue weighted by molar-refractivity contribution is 8.00. The third-order valence-electron chi connectivity index (χ3n) is 8.16. The largest absolute Gasteiger partial charge is 0.352 e. The number of rotatable bonds is 9. The Kier molecular flexibility index (Phi) is 7.66. The zero-order valence-electron chi connectivity index (χ0n) is 21.7. The Morgan fingerprint density at radius 2 is 1.87 bits per heavy atom. The van der Waals surface area contributed by atoms with Crippen LogP contribution in [0.1, 0.15) is 45.1 Å². The minimum Gasteiger partial charge on any atom is -0.352 e. The molecule has 0 aliphatic heterocycles. The number of hydrogen-bond donors (Lipinski definition) is 2. The molecule has 3 aromatic rings. The van der Waals surface area contributed by atoms with Crippen LogP contribution in [-0.4, -0.2) is 35.2 Å². The first-order valence-electron chi connectivity index (χ1n) is 13.2. The molecular weight excluding hydrogens is 520 g/mol. The molecule has 3 N–H and O–H groups in total. The number of hydrogen-bond acceptors (Lipinski definition) is 6. The van der Waals surface area contributed by atoms with Crippen LogP contribution in [0, 0.1) is 17.8 Å². The van der Waals surface area contributed by atoms with Gasteiger partial charge in [-0.15, -0.1) is 0 Å². The molecule has 0 saturated heterocycles. The number of nitrogens with one attached hydrogen (secondary N) is 1. The number of thioether (sulfide) groups is 1. The van der Waals surface area contributed by atoms with E-state index in [9.17, 15) is 18.0 Å². The van der Waals surface area contributed by atoms with Crippen LogP contribution in [-0.2, 0) is 27.8 Å². The minimum absolute atomic E-state index is 0.0431. The molecule has 1 aromatic heterocycles. The molecule has 5 rings (SSSR count). The van der Waals surface area contributed by atoms with Crippen molar-refractivity contribution in [1.82, 2.24) is 14.9 Å². The lowest BCUT2D eigenvalue weighted by Gasteiger charge is -2.29. The van der Waals surface area contributed by atoms with Crippen LogP contribution in [0.15, 0.2) is 63.4 Å². The van der Waals surface area contributed by atoms with Gasteiger partial charge in [-0.05, 0) is 87.1 Å². The van der Waals surface area contributed by atoms with E-state index in [1.807, 2.05) is 19.1 Å². The molecule has 2 aliphatic rings. The molecule has 10 heteroatoms. The van der Waals surface area contributed by atoms with Gasteiger partial charge in [0.15, 0.2) is 5.16 Å². The van der Waals surface area contributed by atoms with Gasteiger partial charge in [0.05, 0.1) is 21.0 Å². The molecule has 0 spiro atoms. The summed E-state index contributed by atoms with van der Waals surface area (Å²) >= 11 is 1.29. The lowest BCUT2D eigenvalue weighted by atomic mass is 9.84. The first kappa shape index (κ1) is 26.9. The van der Waals surface area contributed by atoms with Gasteiger partial charge in [0.1, 0.15) is 0 Å². The smallest absolute Gasteiger partial charge is 0.262 e. The molecule has 2 aliphatic carbocycles. The first-order chi connectivity index (χ1) is 18.1. The monoisotopic (exact) mass is 554 g/mol. The summed E-state index contributed by atoms with van der Waals surface area (Å²) in [6, 6.07) is 13.7. The Morgan fingerprint density at radius 1 is 1.13 bits per heavy atom. The fraction of sp³-hybridized carbons (Fsp3) is 0.464. The van der Waals surface area contributed by atoms with Gasteiger partial charge in [-0.3, -0.25) is 14.2 Å². The van der Waals surface area contributed by atoms with Gasteiger partial charge in [0.25, 0.3) is 5.56 Å². The maximum atomic E-state index is 13.4. The summed E-state index contributed by atoms with van der Waals surface area (Å²) in [6.45, 7) is 4.31. The number of primary sulfonamides is 1. The number of fused-ring (bicyclic) bond motifs is 3. The van der Waals surface area contributed by atoms with Gasteiger partial charge in [-0.2, -0.15) is 0 Å². The molecule has 2 bridgehead atoms. The number of aryl methyl sites for hydroxylation is 1. The second-order valence-corrected chi connectivity index (χ2v) is 13.6. The summed E-state index contributed by atoms with van der Waals surface area (Å²) in [7, 11) is -3.77. The number of para-hydroxylation sites is 1. The van der Waals surface area contributed by atoms with E-state index in [0.29, 0.717) is 34.9 Å². The van der Waals surface area contributed by atoms with Crippen LogP contribution in [0.3, 0.4) is 0 Å². The summed E-state index contributed by atoms with van der Waals surface area (Å²) in [6.07, 6.45) is 5.60. The van der Waals surface area contributed by atoms with E-state index in [4.69, 9.17) is 10.1 Å². The van der Waals surface area contributed by atoms with Crippen LogP contribution < -0.4 is 16.0 Å². The molecule has 0 unspecified atom stereocenters. The van der Waals surface area contributed by atoms with Crippen molar-refractivity contribution in [2.45, 2.75) is 73.8 Å². The molecule has 8 nitrogen and oxygen atoms in total. The van der Waals surface area contributed by atoms with E-state index in [2.05, 4.69) is 12.2 Å². The van der Waals surface area contributed by atoms with Gasteiger partial charge in [-0.1, -0.05) is 42.4 Å². The van der Waals surface area contributed by atoms with E-state index in [1.165, 1.54) is 49.6 Å². The number of nitrogens with two attached hydrogens (primary N) is 1. The molecular formula is C28H34N4O4S2. The highest BCUT2D eigenvalue weighted by Gasteiger charge is 2.42. The summed E-state index contributed by atoms with van der Waals surface area (Å²) < 4.78 is 24.7. The highest BCUT2D eigenvalue weighted by Crippen LogP contribution is 2.49. The van der Waals surface area contributed by atoms with Gasteiger partial charge in [0, 0.05) is 12.6 Å². The van der Waals surface area contributed by atoms with Crippen molar-refractivity contribution in [3.63, 3.8) is 0 Å². The Hall–Kier alpha value is -2.69. The van der Waals surface area contributed by atoms with Crippen molar-refractivity contribution in [1.29, 1.82) is 0 Å². The number of benzene rings is 2. The maximum Gasteiger partial charge on any atom is 0.262 e. The first-order valence-corrected chi connectivity index (χ1v) is 15.6. The van der Waals surface area contributed by atoms with E-state index in [-0.39, 0.29) is 22.4 Å². The fourth-order valence-corrected chi connectivity index (χ4v) is 7.55. The van der Waals surface area contributed by atoms with Crippen LogP contribution in [0.25, 0.3) is 10.9 Å². The number of amides is 1. The standard InChI is InChI=1S/C28H34N4O4S2/c1-17(24-16-20-7-10-21(24)15-20)30-26(33)18(2)37-28-31-25-6-4-3-5-23(25)27(34)32(28)14-13-19-8-11-22(12-9-19)38(29,35)36/h3-6,8-9,11-12,17-18,20-21,24H,7,10,13-16H2,1-2H3,(H,30,33)(H2,29,35,36)/t17-,18-,20-,21-,24+/m0/s1. The fourth-order valence-electron chi connectivity index (χ4n) is 6.09. The normalized spacial score (nSPS) is 22.4. The lowest BCUT2D eigenvalue weighted by Crippen LogP contribution is -2.43. The summed E-state index contributed by atoms with van der Waals surface area (Å²) in [5.41, 5.74) is 1.29. The second kappa shape index (κ2) is 10.8. The lowest BCUT2D eigenvalue weighted by molar-refractivity contribution is -0.121. The van der Waals surface area contributed by atoms with Gasteiger partial charge < -0.3 is 5.32 Å². The summed E-state index contributed by atoms with van der Waals surface area (Å²) in [5, 5.41) is 9.02. The van der Waals surface area contributed by atoms with Crippen molar-refractivity contribution in [2.24, 2.45) is 22.9 Å². The topological polar surface area (TPSA) is 124 Å².